The summed E-state index contributed by atoms with van der Waals surface area (Å²) < 4.78 is 57.6. The van der Waals surface area contributed by atoms with Gasteiger partial charge in [0.2, 0.25) is 9.84 Å². The van der Waals surface area contributed by atoms with E-state index in [-0.39, 0.29) is 10.5 Å². The van der Waals surface area contributed by atoms with Gasteiger partial charge in [-0.3, -0.25) is 0 Å². The maximum Gasteiger partial charge on any atom is 0.205 e. The largest absolute Gasteiger partial charge is 0.472 e. The number of hydrogen-bond acceptors (Lipinski definition) is 4. The Kier molecular flexibility index (Phi) is 3.89. The van der Waals surface area contributed by atoms with Gasteiger partial charge in [-0.15, -0.1) is 0 Å². The Morgan fingerprint density at radius 3 is 2.43 bits per heavy atom. The number of benzene rings is 2. The SMILES string of the molecule is Cc1ccc(S(=O)(=O)C2N=COC2c2ccc(F)cc2F)cc1. The molecule has 3 rings (SSSR count). The van der Waals surface area contributed by atoms with Gasteiger partial charge >= 0.3 is 0 Å². The van der Waals surface area contributed by atoms with Crippen LogP contribution in [0.4, 0.5) is 8.78 Å². The number of rotatable bonds is 3. The van der Waals surface area contributed by atoms with Gasteiger partial charge in [-0.2, -0.15) is 0 Å². The minimum absolute atomic E-state index is 0.0513. The van der Waals surface area contributed by atoms with E-state index in [2.05, 4.69) is 4.99 Å². The van der Waals surface area contributed by atoms with Gasteiger partial charge in [0.25, 0.3) is 0 Å². The van der Waals surface area contributed by atoms with Crippen molar-refractivity contribution >= 4 is 16.2 Å². The topological polar surface area (TPSA) is 55.7 Å². The number of nitrogens with zero attached hydrogens (tertiary/aromatic N) is 1. The van der Waals surface area contributed by atoms with Crippen LogP contribution in [-0.4, -0.2) is 20.2 Å². The molecule has 120 valence electrons. The molecule has 0 saturated carbocycles. The monoisotopic (exact) mass is 337 g/mol. The van der Waals surface area contributed by atoms with Gasteiger partial charge in [0.05, 0.1) is 4.90 Å². The molecular weight excluding hydrogens is 324 g/mol. The van der Waals surface area contributed by atoms with Crippen molar-refractivity contribution in [2.24, 2.45) is 4.99 Å². The summed E-state index contributed by atoms with van der Waals surface area (Å²) in [7, 11) is -3.86. The fourth-order valence-corrected chi connectivity index (χ4v) is 3.92. The predicted molar refractivity (Wildman–Crippen MR) is 80.8 cm³/mol. The van der Waals surface area contributed by atoms with Gasteiger partial charge in [-0.05, 0) is 31.2 Å². The Bertz CT molecular complexity index is 863. The van der Waals surface area contributed by atoms with Crippen LogP contribution in [0.1, 0.15) is 17.2 Å². The zero-order valence-corrected chi connectivity index (χ0v) is 12.9. The Hall–Kier alpha value is -2.28. The lowest BCUT2D eigenvalue weighted by atomic mass is 10.1. The molecule has 2 unspecified atom stereocenters. The van der Waals surface area contributed by atoms with Gasteiger partial charge in [0, 0.05) is 11.6 Å². The van der Waals surface area contributed by atoms with Gasteiger partial charge in [-0.25, -0.2) is 22.2 Å². The first-order valence-corrected chi connectivity index (χ1v) is 8.37. The molecule has 0 fully saturated rings. The summed E-state index contributed by atoms with van der Waals surface area (Å²) in [6.07, 6.45) is -0.161. The second kappa shape index (κ2) is 5.73. The van der Waals surface area contributed by atoms with Crippen molar-refractivity contribution in [1.29, 1.82) is 0 Å². The minimum atomic E-state index is -3.86. The molecule has 23 heavy (non-hydrogen) atoms. The summed E-state index contributed by atoms with van der Waals surface area (Å²) in [6.45, 7) is 1.84. The first kappa shape index (κ1) is 15.6. The van der Waals surface area contributed by atoms with Crippen molar-refractivity contribution in [1.82, 2.24) is 0 Å². The molecule has 7 heteroatoms. The molecular formula is C16H13F2NO3S. The molecule has 2 aromatic rings. The molecule has 0 N–H and O–H groups in total. The summed E-state index contributed by atoms with van der Waals surface area (Å²) in [5, 5.41) is -1.31. The second-order valence-corrected chi connectivity index (χ2v) is 7.27. The van der Waals surface area contributed by atoms with E-state index < -0.39 is 32.9 Å². The van der Waals surface area contributed by atoms with Crippen molar-refractivity contribution in [2.45, 2.75) is 23.3 Å². The third-order valence-electron chi connectivity index (χ3n) is 3.61. The van der Waals surface area contributed by atoms with Gasteiger partial charge < -0.3 is 4.74 Å². The average Bonchev–Trinajstić information content (AvgIpc) is 2.97. The number of sulfone groups is 1. The maximum absolute atomic E-state index is 13.9. The molecule has 2 aromatic carbocycles. The Morgan fingerprint density at radius 2 is 1.78 bits per heavy atom. The van der Waals surface area contributed by atoms with Crippen molar-refractivity contribution in [3.63, 3.8) is 0 Å². The van der Waals surface area contributed by atoms with Crippen LogP contribution in [0.5, 0.6) is 0 Å². The highest BCUT2D eigenvalue weighted by atomic mass is 32.2. The van der Waals surface area contributed by atoms with Gasteiger partial charge in [0.15, 0.2) is 17.9 Å². The van der Waals surface area contributed by atoms with Crippen molar-refractivity contribution < 1.29 is 21.9 Å². The second-order valence-electron chi connectivity index (χ2n) is 5.23. The molecule has 0 aromatic heterocycles. The lowest BCUT2D eigenvalue weighted by molar-refractivity contribution is 0.221. The van der Waals surface area contributed by atoms with Crippen LogP contribution in [0.15, 0.2) is 52.4 Å². The van der Waals surface area contributed by atoms with E-state index >= 15 is 0 Å². The molecule has 1 aliphatic rings. The normalized spacial score (nSPS) is 20.5. The molecule has 0 saturated heterocycles. The minimum Gasteiger partial charge on any atom is -0.472 e. The highest BCUT2D eigenvalue weighted by Gasteiger charge is 2.40. The van der Waals surface area contributed by atoms with Gasteiger partial charge in [-0.1, -0.05) is 17.7 Å². The zero-order chi connectivity index (χ0) is 16.6. The van der Waals surface area contributed by atoms with Crippen LogP contribution in [-0.2, 0) is 14.6 Å². The summed E-state index contributed by atoms with van der Waals surface area (Å²) >= 11 is 0. The van der Waals surface area contributed by atoms with E-state index in [1.165, 1.54) is 18.2 Å². The van der Waals surface area contributed by atoms with Crippen LogP contribution >= 0.6 is 0 Å². The summed E-state index contributed by atoms with van der Waals surface area (Å²) in [5.41, 5.74) is 0.862. The van der Waals surface area contributed by atoms with Crippen LogP contribution < -0.4 is 0 Å². The highest BCUT2D eigenvalue weighted by Crippen LogP contribution is 2.35. The summed E-state index contributed by atoms with van der Waals surface area (Å²) in [5.74, 6) is -1.62. The smallest absolute Gasteiger partial charge is 0.205 e. The molecule has 0 spiro atoms. The molecule has 4 nitrogen and oxygen atoms in total. The first-order chi connectivity index (χ1) is 10.9. The summed E-state index contributed by atoms with van der Waals surface area (Å²) in [6, 6.07) is 9.18. The van der Waals surface area contributed by atoms with Crippen molar-refractivity contribution in [3.05, 3.63) is 65.2 Å². The van der Waals surface area contributed by atoms with Gasteiger partial charge in [0.1, 0.15) is 11.6 Å². The quantitative estimate of drug-likeness (QED) is 0.864. The van der Waals surface area contributed by atoms with Crippen LogP contribution in [0.25, 0.3) is 0 Å². The van der Waals surface area contributed by atoms with E-state index in [1.807, 2.05) is 6.92 Å². The van der Waals surface area contributed by atoms with E-state index in [0.717, 1.165) is 18.0 Å². The number of aryl methyl sites for hydroxylation is 1. The molecule has 1 heterocycles. The predicted octanol–water partition coefficient (Wildman–Crippen LogP) is 3.17. The van der Waals surface area contributed by atoms with E-state index in [9.17, 15) is 17.2 Å². The molecule has 2 atom stereocenters. The lowest BCUT2D eigenvalue weighted by Gasteiger charge is -2.18. The molecule has 0 bridgehead atoms. The first-order valence-electron chi connectivity index (χ1n) is 6.82. The molecule has 1 aliphatic heterocycles. The van der Waals surface area contributed by atoms with Crippen molar-refractivity contribution in [2.75, 3.05) is 0 Å². The fraction of sp³-hybridized carbons (Fsp3) is 0.188. The lowest BCUT2D eigenvalue weighted by Crippen LogP contribution is -2.25. The van der Waals surface area contributed by atoms with Crippen LogP contribution in [0.3, 0.4) is 0 Å². The van der Waals surface area contributed by atoms with E-state index in [0.29, 0.717) is 6.07 Å². The molecule has 0 aliphatic carbocycles. The van der Waals surface area contributed by atoms with Crippen LogP contribution in [0, 0.1) is 18.6 Å². The Labute approximate surface area is 132 Å². The summed E-state index contributed by atoms with van der Waals surface area (Å²) in [4.78, 5) is 3.90. The zero-order valence-electron chi connectivity index (χ0n) is 12.1. The van der Waals surface area contributed by atoms with E-state index in [1.54, 1.807) is 12.1 Å². The standard InChI is InChI=1S/C16H13F2NO3S/c1-10-2-5-12(6-3-10)23(20,21)16-15(22-9-19-16)13-7-4-11(17)8-14(13)18/h2-9,15-16H,1H3. The van der Waals surface area contributed by atoms with E-state index in [4.69, 9.17) is 4.74 Å². The third-order valence-corrected chi connectivity index (χ3v) is 5.54. The highest BCUT2D eigenvalue weighted by molar-refractivity contribution is 7.92. The fourth-order valence-electron chi connectivity index (χ4n) is 2.38. The molecule has 0 amide bonds. The van der Waals surface area contributed by atoms with Crippen LogP contribution in [0.2, 0.25) is 0 Å². The third kappa shape index (κ3) is 2.84. The number of aliphatic imine (C=N–C) groups is 1. The number of hydrogen-bond donors (Lipinski definition) is 0. The maximum atomic E-state index is 13.9. The number of ether oxygens (including phenoxy) is 1. The molecule has 0 radical (unpaired) electrons. The average molecular weight is 337 g/mol. The number of halogens is 2. The Morgan fingerprint density at radius 1 is 1.09 bits per heavy atom. The Balaban J connectivity index is 2.00. The van der Waals surface area contributed by atoms with Crippen molar-refractivity contribution in [3.8, 4) is 0 Å².